The van der Waals surface area contributed by atoms with Crippen molar-refractivity contribution in [3.05, 3.63) is 59.3 Å². The van der Waals surface area contributed by atoms with Crippen LogP contribution in [0.15, 0.2) is 36.8 Å². The topological polar surface area (TPSA) is 50.2 Å². The largest absolute Gasteiger partial charge is 0.339 e. The lowest BCUT2D eigenvalue weighted by molar-refractivity contribution is 0.0754. The highest BCUT2D eigenvalue weighted by Gasteiger charge is 2.23. The summed E-state index contributed by atoms with van der Waals surface area (Å²) in [6.07, 6.45) is 7.96. The molecule has 30 heavy (non-hydrogen) atoms. The standard InChI is InChI=1S/C24H29FN4O/c1-15(2)28(4)24(30)20-10-19(25)5-6-21(20)29-14-18(9-17-7-8-26-12-17)23-16(3)11-27-13-22(23)29/h5-6,10-11,13-15,17,26H,7-9,12H2,1-4H3/t17-/m1/s1. The minimum atomic E-state index is -0.415. The molecule has 6 heteroatoms. The average Bonchev–Trinajstić information content (AvgIpc) is 3.36. The van der Waals surface area contributed by atoms with E-state index >= 15 is 0 Å². The van der Waals surface area contributed by atoms with Crippen molar-refractivity contribution < 1.29 is 9.18 Å². The molecule has 3 heterocycles. The van der Waals surface area contributed by atoms with Crippen LogP contribution < -0.4 is 5.32 Å². The number of fused-ring (bicyclic) bond motifs is 1. The first-order valence-corrected chi connectivity index (χ1v) is 10.6. The lowest BCUT2D eigenvalue weighted by atomic mass is 9.97. The van der Waals surface area contributed by atoms with Gasteiger partial charge in [0.1, 0.15) is 5.82 Å². The first-order valence-electron chi connectivity index (χ1n) is 10.6. The van der Waals surface area contributed by atoms with Crippen molar-refractivity contribution in [2.24, 2.45) is 5.92 Å². The molecule has 5 nitrogen and oxygen atoms in total. The number of pyridine rings is 1. The summed E-state index contributed by atoms with van der Waals surface area (Å²) in [6, 6.07) is 4.47. The Labute approximate surface area is 176 Å². The quantitative estimate of drug-likeness (QED) is 0.691. The van der Waals surface area contributed by atoms with Crippen LogP contribution in [0.2, 0.25) is 0 Å². The predicted molar refractivity (Wildman–Crippen MR) is 118 cm³/mol. The Morgan fingerprint density at radius 3 is 2.87 bits per heavy atom. The monoisotopic (exact) mass is 408 g/mol. The Balaban J connectivity index is 1.88. The molecular formula is C24H29FN4O. The van der Waals surface area contributed by atoms with Gasteiger partial charge in [0, 0.05) is 30.9 Å². The molecular weight excluding hydrogens is 379 g/mol. The summed E-state index contributed by atoms with van der Waals surface area (Å²) in [7, 11) is 1.75. The second-order valence-electron chi connectivity index (χ2n) is 8.61. The highest BCUT2D eigenvalue weighted by molar-refractivity contribution is 5.99. The number of nitrogens with zero attached hydrogens (tertiary/aromatic N) is 3. The van der Waals surface area contributed by atoms with E-state index < -0.39 is 5.82 Å². The third-order valence-electron chi connectivity index (χ3n) is 6.20. The number of halogens is 1. The molecule has 1 atom stereocenters. The van der Waals surface area contributed by atoms with E-state index in [9.17, 15) is 9.18 Å². The zero-order valence-corrected chi connectivity index (χ0v) is 18.1. The Morgan fingerprint density at radius 1 is 1.37 bits per heavy atom. The molecule has 158 valence electrons. The maximum Gasteiger partial charge on any atom is 0.256 e. The van der Waals surface area contributed by atoms with Gasteiger partial charge in [-0.05, 0) is 81.9 Å². The molecule has 0 bridgehead atoms. The summed E-state index contributed by atoms with van der Waals surface area (Å²) < 4.78 is 16.2. The van der Waals surface area contributed by atoms with Crippen LogP contribution in [-0.2, 0) is 6.42 Å². The summed E-state index contributed by atoms with van der Waals surface area (Å²) in [4.78, 5) is 19.2. The van der Waals surface area contributed by atoms with Gasteiger partial charge in [-0.2, -0.15) is 0 Å². The van der Waals surface area contributed by atoms with Crippen LogP contribution >= 0.6 is 0 Å². The highest BCUT2D eigenvalue weighted by Crippen LogP contribution is 2.31. The molecule has 2 aromatic heterocycles. The van der Waals surface area contributed by atoms with E-state index in [1.807, 2.05) is 30.8 Å². The van der Waals surface area contributed by atoms with Crippen molar-refractivity contribution in [1.29, 1.82) is 0 Å². The first kappa shape index (κ1) is 20.5. The minimum absolute atomic E-state index is 0.0179. The fourth-order valence-corrected chi connectivity index (χ4v) is 4.31. The van der Waals surface area contributed by atoms with Gasteiger partial charge in [-0.3, -0.25) is 9.78 Å². The van der Waals surface area contributed by atoms with E-state index in [2.05, 4.69) is 23.4 Å². The Hall–Kier alpha value is -2.73. The van der Waals surface area contributed by atoms with Crippen molar-refractivity contribution >= 4 is 16.8 Å². The normalized spacial score (nSPS) is 16.5. The van der Waals surface area contributed by atoms with Crippen LogP contribution in [0.3, 0.4) is 0 Å². The van der Waals surface area contributed by atoms with Crippen LogP contribution in [0.25, 0.3) is 16.6 Å². The number of benzene rings is 1. The minimum Gasteiger partial charge on any atom is -0.339 e. The fourth-order valence-electron chi connectivity index (χ4n) is 4.31. The molecule has 0 spiro atoms. The van der Waals surface area contributed by atoms with Crippen molar-refractivity contribution in [2.75, 3.05) is 20.1 Å². The maximum absolute atomic E-state index is 14.1. The molecule has 1 aliphatic heterocycles. The summed E-state index contributed by atoms with van der Waals surface area (Å²) in [5, 5.41) is 4.61. The van der Waals surface area contributed by atoms with Crippen molar-refractivity contribution in [1.82, 2.24) is 19.8 Å². The SMILES string of the molecule is Cc1cncc2c1c(C[C@H]1CCNC1)cn2-c1ccc(F)cc1C(=O)N(C)C(C)C. The zero-order chi connectivity index (χ0) is 21.4. The van der Waals surface area contributed by atoms with Gasteiger partial charge in [-0.15, -0.1) is 0 Å². The van der Waals surface area contributed by atoms with E-state index in [4.69, 9.17) is 0 Å². The number of carbonyl (C=O) groups is 1. The molecule has 0 saturated carbocycles. The second-order valence-corrected chi connectivity index (χ2v) is 8.61. The predicted octanol–water partition coefficient (Wildman–Crippen LogP) is 4.11. The number of rotatable bonds is 5. The molecule has 0 aliphatic carbocycles. The van der Waals surface area contributed by atoms with E-state index in [1.165, 1.54) is 23.1 Å². The smallest absolute Gasteiger partial charge is 0.256 e. The van der Waals surface area contributed by atoms with Gasteiger partial charge in [0.15, 0.2) is 0 Å². The van der Waals surface area contributed by atoms with E-state index in [0.29, 0.717) is 17.2 Å². The van der Waals surface area contributed by atoms with Crippen LogP contribution in [-0.4, -0.2) is 46.5 Å². The summed E-state index contributed by atoms with van der Waals surface area (Å²) in [5.74, 6) is -0.0104. The lowest BCUT2D eigenvalue weighted by Crippen LogP contribution is -2.33. The third kappa shape index (κ3) is 3.72. The van der Waals surface area contributed by atoms with Crippen LogP contribution in [0.5, 0.6) is 0 Å². The number of hydrogen-bond acceptors (Lipinski definition) is 3. The Morgan fingerprint density at radius 2 is 2.17 bits per heavy atom. The molecule has 1 saturated heterocycles. The number of carbonyl (C=O) groups excluding carboxylic acids is 1. The van der Waals surface area contributed by atoms with Crippen LogP contribution in [0.1, 0.15) is 41.8 Å². The molecule has 1 amide bonds. The molecule has 0 unspecified atom stereocenters. The van der Waals surface area contributed by atoms with Crippen molar-refractivity contribution in [3.8, 4) is 5.69 Å². The van der Waals surface area contributed by atoms with Gasteiger partial charge in [-0.25, -0.2) is 4.39 Å². The molecule has 3 aromatic rings. The van der Waals surface area contributed by atoms with Gasteiger partial charge in [0.2, 0.25) is 0 Å². The first-order chi connectivity index (χ1) is 14.4. The van der Waals surface area contributed by atoms with Crippen LogP contribution in [0, 0.1) is 18.7 Å². The van der Waals surface area contributed by atoms with Gasteiger partial charge >= 0.3 is 0 Å². The highest BCUT2D eigenvalue weighted by atomic mass is 19.1. The number of amides is 1. The Bertz CT molecular complexity index is 1080. The molecule has 1 fully saturated rings. The van der Waals surface area contributed by atoms with Crippen LogP contribution in [0.4, 0.5) is 4.39 Å². The van der Waals surface area contributed by atoms with Crippen molar-refractivity contribution in [3.63, 3.8) is 0 Å². The number of aryl methyl sites for hydroxylation is 1. The maximum atomic E-state index is 14.1. The molecule has 1 aromatic carbocycles. The zero-order valence-electron chi connectivity index (χ0n) is 18.1. The summed E-state index contributed by atoms with van der Waals surface area (Å²) >= 11 is 0. The lowest BCUT2D eigenvalue weighted by Gasteiger charge is -2.23. The van der Waals surface area contributed by atoms with E-state index in [-0.39, 0.29) is 11.9 Å². The molecule has 1 aliphatic rings. The number of aromatic nitrogens is 2. The summed E-state index contributed by atoms with van der Waals surface area (Å²) in [6.45, 7) is 8.05. The van der Waals surface area contributed by atoms with Gasteiger partial charge in [-0.1, -0.05) is 0 Å². The van der Waals surface area contributed by atoms with Crippen molar-refractivity contribution in [2.45, 2.75) is 39.7 Å². The van der Waals surface area contributed by atoms with Gasteiger partial charge in [0.05, 0.1) is 23.0 Å². The average molecular weight is 409 g/mol. The second kappa shape index (κ2) is 8.19. The molecule has 1 N–H and O–H groups in total. The molecule has 0 radical (unpaired) electrons. The number of nitrogens with one attached hydrogen (secondary N) is 1. The van der Waals surface area contributed by atoms with E-state index in [1.54, 1.807) is 18.0 Å². The number of hydrogen-bond donors (Lipinski definition) is 1. The third-order valence-corrected chi connectivity index (χ3v) is 6.20. The van der Waals surface area contributed by atoms with Gasteiger partial charge in [0.25, 0.3) is 5.91 Å². The summed E-state index contributed by atoms with van der Waals surface area (Å²) in [5.41, 5.74) is 4.35. The fraction of sp³-hybridized carbons (Fsp3) is 0.417. The molecule has 4 rings (SSSR count). The van der Waals surface area contributed by atoms with Gasteiger partial charge < -0.3 is 14.8 Å². The Kier molecular flexibility index (Phi) is 5.60. The van der Waals surface area contributed by atoms with E-state index in [0.717, 1.165) is 37.0 Å².